The Morgan fingerprint density at radius 2 is 1.84 bits per heavy atom. The highest BCUT2D eigenvalue weighted by Crippen LogP contribution is 2.16. The summed E-state index contributed by atoms with van der Waals surface area (Å²) in [7, 11) is 2.00. The van der Waals surface area contributed by atoms with Crippen LogP contribution in [-0.2, 0) is 13.6 Å². The van der Waals surface area contributed by atoms with E-state index in [2.05, 4.69) is 37.4 Å². The fraction of sp³-hybridized carbons (Fsp3) is 0.812. The van der Waals surface area contributed by atoms with Crippen LogP contribution in [0.4, 0.5) is 0 Å². The van der Waals surface area contributed by atoms with Crippen molar-refractivity contribution in [3.05, 3.63) is 17.5 Å². The maximum Gasteiger partial charge on any atom is 0.0694 e. The van der Waals surface area contributed by atoms with Crippen molar-refractivity contribution in [3.8, 4) is 0 Å². The Bertz CT molecular complexity index is 342. The van der Waals surface area contributed by atoms with E-state index < -0.39 is 0 Å². The van der Waals surface area contributed by atoms with Crippen LogP contribution in [0.25, 0.3) is 0 Å². The Morgan fingerprint density at radius 1 is 1.16 bits per heavy atom. The molecule has 0 atom stereocenters. The highest BCUT2D eigenvalue weighted by molar-refractivity contribution is 5.19. The molecule has 0 bridgehead atoms. The van der Waals surface area contributed by atoms with Gasteiger partial charge in [0.2, 0.25) is 0 Å². The third-order valence-corrected chi connectivity index (χ3v) is 3.51. The van der Waals surface area contributed by atoms with Crippen LogP contribution in [0.1, 0.15) is 76.5 Å². The molecule has 0 aliphatic heterocycles. The van der Waals surface area contributed by atoms with E-state index in [0.717, 1.165) is 13.1 Å². The van der Waals surface area contributed by atoms with Crippen molar-refractivity contribution in [1.82, 2.24) is 15.1 Å². The van der Waals surface area contributed by atoms with Gasteiger partial charge in [-0.25, -0.2) is 0 Å². The van der Waals surface area contributed by atoms with Crippen LogP contribution in [0.15, 0.2) is 6.20 Å². The largest absolute Gasteiger partial charge is 0.313 e. The highest BCUT2D eigenvalue weighted by atomic mass is 15.3. The van der Waals surface area contributed by atoms with Gasteiger partial charge in [0.1, 0.15) is 0 Å². The van der Waals surface area contributed by atoms with Gasteiger partial charge >= 0.3 is 0 Å². The first kappa shape index (κ1) is 16.2. The fourth-order valence-corrected chi connectivity index (χ4v) is 2.43. The predicted octanol–water partition coefficient (Wildman–Crippen LogP) is 3.99. The lowest BCUT2D eigenvalue weighted by atomic mass is 10.1. The first-order chi connectivity index (χ1) is 9.15. The molecule has 0 radical (unpaired) electrons. The van der Waals surface area contributed by atoms with Gasteiger partial charge in [-0.1, -0.05) is 52.9 Å². The van der Waals surface area contributed by atoms with Crippen molar-refractivity contribution in [3.63, 3.8) is 0 Å². The molecule has 0 saturated heterocycles. The van der Waals surface area contributed by atoms with E-state index in [-0.39, 0.29) is 0 Å². The molecule has 1 N–H and O–H groups in total. The van der Waals surface area contributed by atoms with Crippen molar-refractivity contribution in [1.29, 1.82) is 0 Å². The zero-order chi connectivity index (χ0) is 14.1. The van der Waals surface area contributed by atoms with Gasteiger partial charge in [0.25, 0.3) is 0 Å². The first-order valence-electron chi connectivity index (χ1n) is 7.88. The lowest BCUT2D eigenvalue weighted by Gasteiger charge is -2.07. The van der Waals surface area contributed by atoms with Crippen molar-refractivity contribution in [2.45, 2.75) is 71.8 Å². The summed E-state index contributed by atoms with van der Waals surface area (Å²) < 4.78 is 1.93. The summed E-state index contributed by atoms with van der Waals surface area (Å²) >= 11 is 0. The van der Waals surface area contributed by atoms with Crippen LogP contribution in [0.3, 0.4) is 0 Å². The van der Waals surface area contributed by atoms with Crippen molar-refractivity contribution in [2.24, 2.45) is 7.05 Å². The zero-order valence-electron chi connectivity index (χ0n) is 13.2. The quantitative estimate of drug-likeness (QED) is 0.648. The molecule has 19 heavy (non-hydrogen) atoms. The molecule has 0 aromatic carbocycles. The zero-order valence-corrected chi connectivity index (χ0v) is 13.2. The van der Waals surface area contributed by atoms with Crippen LogP contribution in [0.2, 0.25) is 0 Å². The van der Waals surface area contributed by atoms with Crippen LogP contribution in [0, 0.1) is 0 Å². The van der Waals surface area contributed by atoms with Gasteiger partial charge in [0, 0.05) is 25.4 Å². The summed E-state index contributed by atoms with van der Waals surface area (Å²) in [6.45, 7) is 8.76. The van der Waals surface area contributed by atoms with Crippen molar-refractivity contribution < 1.29 is 0 Å². The molecule has 0 aliphatic carbocycles. The second kappa shape index (κ2) is 9.13. The van der Waals surface area contributed by atoms with Gasteiger partial charge in [0.15, 0.2) is 0 Å². The van der Waals surface area contributed by atoms with E-state index in [1.54, 1.807) is 0 Å². The summed E-state index contributed by atoms with van der Waals surface area (Å²) in [6.07, 6.45) is 10.3. The Labute approximate surface area is 118 Å². The highest BCUT2D eigenvalue weighted by Gasteiger charge is 2.10. The molecule has 0 aliphatic rings. The minimum Gasteiger partial charge on any atom is -0.313 e. The normalized spacial score (nSPS) is 11.4. The summed E-state index contributed by atoms with van der Waals surface area (Å²) in [5.74, 6) is 0.507. The average molecular weight is 265 g/mol. The summed E-state index contributed by atoms with van der Waals surface area (Å²) in [4.78, 5) is 0. The predicted molar refractivity (Wildman–Crippen MR) is 82.4 cm³/mol. The summed E-state index contributed by atoms with van der Waals surface area (Å²) in [5, 5.41) is 8.08. The molecule has 110 valence electrons. The van der Waals surface area contributed by atoms with Crippen LogP contribution in [-0.4, -0.2) is 16.3 Å². The van der Waals surface area contributed by atoms with Gasteiger partial charge in [-0.3, -0.25) is 4.68 Å². The molecule has 0 spiro atoms. The topological polar surface area (TPSA) is 29.9 Å². The number of nitrogens with zero attached hydrogens (tertiary/aromatic N) is 2. The fourth-order valence-electron chi connectivity index (χ4n) is 2.43. The standard InChI is InChI=1S/C16H31N3/c1-5-6-7-8-9-10-11-17-12-15-13-19(4)18-16(15)14(2)3/h13-14,17H,5-12H2,1-4H3. The van der Waals surface area contributed by atoms with Crippen molar-refractivity contribution in [2.75, 3.05) is 6.54 Å². The second-order valence-corrected chi connectivity index (χ2v) is 5.81. The molecule has 0 saturated carbocycles. The molecular weight excluding hydrogens is 234 g/mol. The van der Waals surface area contributed by atoms with Crippen LogP contribution >= 0.6 is 0 Å². The van der Waals surface area contributed by atoms with Crippen LogP contribution < -0.4 is 5.32 Å². The number of aromatic nitrogens is 2. The Hall–Kier alpha value is -0.830. The van der Waals surface area contributed by atoms with Gasteiger partial charge in [-0.05, 0) is 18.9 Å². The lowest BCUT2D eigenvalue weighted by Crippen LogP contribution is -2.15. The number of rotatable bonds is 10. The average Bonchev–Trinajstić information content (AvgIpc) is 2.74. The molecule has 1 aromatic heterocycles. The molecule has 0 unspecified atom stereocenters. The summed E-state index contributed by atoms with van der Waals surface area (Å²) in [6, 6.07) is 0. The molecule has 1 rings (SSSR count). The van der Waals surface area contributed by atoms with Gasteiger partial charge in [-0.2, -0.15) is 5.10 Å². The van der Waals surface area contributed by atoms with E-state index in [1.807, 2.05) is 11.7 Å². The van der Waals surface area contributed by atoms with E-state index in [0.29, 0.717) is 5.92 Å². The SMILES string of the molecule is CCCCCCCCNCc1cn(C)nc1C(C)C. The second-order valence-electron chi connectivity index (χ2n) is 5.81. The van der Waals surface area contributed by atoms with Crippen molar-refractivity contribution >= 4 is 0 Å². The molecular formula is C16H31N3. The lowest BCUT2D eigenvalue weighted by molar-refractivity contribution is 0.570. The van der Waals surface area contributed by atoms with E-state index in [9.17, 15) is 0 Å². The summed E-state index contributed by atoms with van der Waals surface area (Å²) in [5.41, 5.74) is 2.58. The molecule has 1 heterocycles. The Kier molecular flexibility index (Phi) is 7.80. The van der Waals surface area contributed by atoms with Gasteiger partial charge in [-0.15, -0.1) is 0 Å². The molecule has 3 heteroatoms. The third kappa shape index (κ3) is 6.24. The third-order valence-electron chi connectivity index (χ3n) is 3.51. The molecule has 0 fully saturated rings. The smallest absolute Gasteiger partial charge is 0.0694 e. The van der Waals surface area contributed by atoms with E-state index in [1.165, 1.54) is 49.8 Å². The maximum absolute atomic E-state index is 4.54. The molecule has 0 amide bonds. The number of unbranched alkanes of at least 4 members (excludes halogenated alkanes) is 5. The van der Waals surface area contributed by atoms with Gasteiger partial charge < -0.3 is 5.32 Å². The monoisotopic (exact) mass is 265 g/mol. The Balaban J connectivity index is 2.15. The first-order valence-corrected chi connectivity index (χ1v) is 7.88. The Morgan fingerprint density at radius 3 is 2.53 bits per heavy atom. The maximum atomic E-state index is 4.54. The number of hydrogen-bond acceptors (Lipinski definition) is 2. The number of nitrogens with one attached hydrogen (secondary N) is 1. The molecule has 1 aromatic rings. The number of hydrogen-bond donors (Lipinski definition) is 1. The van der Waals surface area contributed by atoms with Crippen LogP contribution in [0.5, 0.6) is 0 Å². The van der Waals surface area contributed by atoms with Gasteiger partial charge in [0.05, 0.1) is 5.69 Å². The van der Waals surface area contributed by atoms with E-state index in [4.69, 9.17) is 0 Å². The minimum atomic E-state index is 0.507. The number of aryl methyl sites for hydroxylation is 1. The van der Waals surface area contributed by atoms with E-state index >= 15 is 0 Å². The minimum absolute atomic E-state index is 0.507. The molecule has 3 nitrogen and oxygen atoms in total.